The molecule has 0 aromatic heterocycles. The van der Waals surface area contributed by atoms with Gasteiger partial charge in [0, 0.05) is 12.6 Å². The van der Waals surface area contributed by atoms with Gasteiger partial charge < -0.3 is 9.84 Å². The van der Waals surface area contributed by atoms with E-state index in [4.69, 9.17) is 9.84 Å². The lowest BCUT2D eigenvalue weighted by Gasteiger charge is -2.35. The molecule has 60 valence electrons. The van der Waals surface area contributed by atoms with Crippen LogP contribution in [-0.2, 0) is 4.74 Å². The summed E-state index contributed by atoms with van der Waals surface area (Å²) < 4.78 is 5.32. The van der Waals surface area contributed by atoms with Gasteiger partial charge in [0.1, 0.15) is 0 Å². The van der Waals surface area contributed by atoms with E-state index >= 15 is 0 Å². The summed E-state index contributed by atoms with van der Waals surface area (Å²) in [6.07, 6.45) is 0.0127. The zero-order chi connectivity index (χ0) is 7.56. The highest BCUT2D eigenvalue weighted by Crippen LogP contribution is 2.10. The monoisotopic (exact) mass is 145 g/mol. The first-order valence-electron chi connectivity index (χ1n) is 3.68. The lowest BCUT2D eigenvalue weighted by molar-refractivity contribution is -0.0774. The van der Waals surface area contributed by atoms with Gasteiger partial charge in [-0.05, 0) is 14.0 Å². The fraction of sp³-hybridized carbons (Fsp3) is 1.00. The van der Waals surface area contributed by atoms with Gasteiger partial charge in [0.25, 0.3) is 0 Å². The van der Waals surface area contributed by atoms with Crippen LogP contribution in [0.5, 0.6) is 0 Å². The highest BCUT2D eigenvalue weighted by molar-refractivity contribution is 4.77. The number of morpholine rings is 1. The van der Waals surface area contributed by atoms with Crippen molar-refractivity contribution in [1.29, 1.82) is 0 Å². The average Bonchev–Trinajstić information content (AvgIpc) is 1.95. The predicted molar refractivity (Wildman–Crippen MR) is 38.9 cm³/mol. The van der Waals surface area contributed by atoms with Crippen LogP contribution in [0.15, 0.2) is 0 Å². The third kappa shape index (κ3) is 1.48. The molecule has 1 aliphatic heterocycles. The predicted octanol–water partition coefficient (Wildman–Crippen LogP) is -0.302. The summed E-state index contributed by atoms with van der Waals surface area (Å²) >= 11 is 0. The maximum absolute atomic E-state index is 8.83. The molecule has 3 nitrogen and oxygen atoms in total. The minimum Gasteiger partial charge on any atom is -0.394 e. The molecule has 0 aromatic carbocycles. The molecule has 0 radical (unpaired) electrons. The summed E-state index contributed by atoms with van der Waals surface area (Å²) in [7, 11) is 2.05. The first kappa shape index (κ1) is 7.98. The Labute approximate surface area is 61.6 Å². The van der Waals surface area contributed by atoms with Crippen molar-refractivity contribution in [2.75, 3.05) is 26.8 Å². The molecule has 0 bridgehead atoms. The van der Waals surface area contributed by atoms with E-state index in [-0.39, 0.29) is 12.7 Å². The molecule has 3 heteroatoms. The van der Waals surface area contributed by atoms with Crippen molar-refractivity contribution in [2.45, 2.75) is 19.1 Å². The molecule has 0 amide bonds. The van der Waals surface area contributed by atoms with Crippen molar-refractivity contribution in [2.24, 2.45) is 0 Å². The summed E-state index contributed by atoms with van der Waals surface area (Å²) in [5.74, 6) is 0. The highest BCUT2D eigenvalue weighted by Gasteiger charge is 2.24. The van der Waals surface area contributed by atoms with Gasteiger partial charge in [-0.3, -0.25) is 4.90 Å². The van der Waals surface area contributed by atoms with Crippen LogP contribution in [0, 0.1) is 0 Å². The third-order valence-corrected chi connectivity index (χ3v) is 2.19. The van der Waals surface area contributed by atoms with Gasteiger partial charge in [-0.15, -0.1) is 0 Å². The number of aliphatic hydroxyl groups excluding tert-OH is 1. The van der Waals surface area contributed by atoms with Crippen molar-refractivity contribution >= 4 is 0 Å². The lowest BCUT2D eigenvalue weighted by Crippen LogP contribution is -2.48. The van der Waals surface area contributed by atoms with Gasteiger partial charge in [-0.25, -0.2) is 0 Å². The number of ether oxygens (including phenoxy) is 1. The van der Waals surface area contributed by atoms with Gasteiger partial charge in [-0.1, -0.05) is 0 Å². The molecule has 1 fully saturated rings. The van der Waals surface area contributed by atoms with E-state index in [9.17, 15) is 0 Å². The first-order valence-corrected chi connectivity index (χ1v) is 3.68. The molecule has 1 aliphatic rings. The number of hydrogen-bond acceptors (Lipinski definition) is 3. The zero-order valence-electron chi connectivity index (χ0n) is 6.58. The van der Waals surface area contributed by atoms with Crippen LogP contribution in [0.25, 0.3) is 0 Å². The normalized spacial score (nSPS) is 36.3. The van der Waals surface area contributed by atoms with Crippen molar-refractivity contribution in [3.63, 3.8) is 0 Å². The molecule has 1 N–H and O–H groups in total. The van der Waals surface area contributed by atoms with E-state index in [0.717, 1.165) is 13.2 Å². The topological polar surface area (TPSA) is 32.7 Å². The fourth-order valence-electron chi connectivity index (χ4n) is 1.18. The number of nitrogens with zero attached hydrogens (tertiary/aromatic N) is 1. The Morgan fingerprint density at radius 1 is 1.70 bits per heavy atom. The van der Waals surface area contributed by atoms with E-state index in [1.165, 1.54) is 0 Å². The summed E-state index contributed by atoms with van der Waals surface area (Å²) in [5, 5.41) is 8.83. The molecule has 0 spiro atoms. The van der Waals surface area contributed by atoms with Gasteiger partial charge >= 0.3 is 0 Å². The van der Waals surface area contributed by atoms with E-state index in [1.807, 2.05) is 0 Å². The lowest BCUT2D eigenvalue weighted by atomic mass is 10.1. The van der Waals surface area contributed by atoms with Crippen LogP contribution in [-0.4, -0.2) is 49.0 Å². The summed E-state index contributed by atoms with van der Waals surface area (Å²) in [6, 6.07) is 0.346. The SMILES string of the molecule is C[C@H]1C(CO)OCCN1C. The van der Waals surface area contributed by atoms with Crippen LogP contribution in [0.3, 0.4) is 0 Å². The Balaban J connectivity index is 2.42. The minimum atomic E-state index is 0.0127. The molecule has 10 heavy (non-hydrogen) atoms. The van der Waals surface area contributed by atoms with Crippen LogP contribution in [0.4, 0.5) is 0 Å². The second-order valence-corrected chi connectivity index (χ2v) is 2.81. The number of aliphatic hydroxyl groups is 1. The van der Waals surface area contributed by atoms with Gasteiger partial charge in [-0.2, -0.15) is 0 Å². The molecule has 2 atom stereocenters. The molecule has 1 rings (SSSR count). The zero-order valence-corrected chi connectivity index (χ0v) is 6.58. The highest BCUT2D eigenvalue weighted by atomic mass is 16.5. The number of rotatable bonds is 1. The van der Waals surface area contributed by atoms with E-state index in [1.54, 1.807) is 0 Å². The van der Waals surface area contributed by atoms with Crippen molar-refractivity contribution in [1.82, 2.24) is 4.90 Å². The number of hydrogen-bond donors (Lipinski definition) is 1. The average molecular weight is 145 g/mol. The Morgan fingerprint density at radius 3 is 2.90 bits per heavy atom. The number of likely N-dealkylation sites (N-methyl/N-ethyl adjacent to an activating group) is 1. The first-order chi connectivity index (χ1) is 4.75. The smallest absolute Gasteiger partial charge is 0.0958 e. The Bertz CT molecular complexity index is 108. The molecule has 1 saturated heterocycles. The molecular formula is C7H15NO2. The van der Waals surface area contributed by atoms with Crippen LogP contribution in [0.1, 0.15) is 6.92 Å². The Morgan fingerprint density at radius 2 is 2.40 bits per heavy atom. The fourth-order valence-corrected chi connectivity index (χ4v) is 1.18. The molecule has 0 saturated carbocycles. The second kappa shape index (κ2) is 3.32. The van der Waals surface area contributed by atoms with Crippen LogP contribution < -0.4 is 0 Å². The largest absolute Gasteiger partial charge is 0.394 e. The van der Waals surface area contributed by atoms with Gasteiger partial charge in [0.15, 0.2) is 0 Å². The second-order valence-electron chi connectivity index (χ2n) is 2.81. The summed E-state index contributed by atoms with van der Waals surface area (Å²) in [5.41, 5.74) is 0. The van der Waals surface area contributed by atoms with E-state index in [2.05, 4.69) is 18.9 Å². The van der Waals surface area contributed by atoms with Crippen molar-refractivity contribution in [3.05, 3.63) is 0 Å². The standard InChI is InChI=1S/C7H15NO2/c1-6-7(5-9)10-4-3-8(6)2/h6-7,9H,3-5H2,1-2H3/t6-,7?/m0/s1. The molecular weight excluding hydrogens is 130 g/mol. The quantitative estimate of drug-likeness (QED) is 0.550. The van der Waals surface area contributed by atoms with E-state index < -0.39 is 0 Å². The van der Waals surface area contributed by atoms with Crippen molar-refractivity contribution < 1.29 is 9.84 Å². The van der Waals surface area contributed by atoms with Crippen LogP contribution in [0.2, 0.25) is 0 Å². The maximum Gasteiger partial charge on any atom is 0.0958 e. The molecule has 0 aliphatic carbocycles. The minimum absolute atomic E-state index is 0.0127. The molecule has 0 aromatic rings. The molecule has 1 heterocycles. The van der Waals surface area contributed by atoms with Crippen molar-refractivity contribution in [3.8, 4) is 0 Å². The molecule has 1 unspecified atom stereocenters. The summed E-state index contributed by atoms with van der Waals surface area (Å²) in [6.45, 7) is 3.91. The van der Waals surface area contributed by atoms with Crippen LogP contribution >= 0.6 is 0 Å². The van der Waals surface area contributed by atoms with Gasteiger partial charge in [0.05, 0.1) is 19.3 Å². The summed E-state index contributed by atoms with van der Waals surface area (Å²) in [4.78, 5) is 2.20. The Kier molecular flexibility index (Phi) is 2.65. The van der Waals surface area contributed by atoms with Gasteiger partial charge in [0.2, 0.25) is 0 Å². The maximum atomic E-state index is 8.83. The van der Waals surface area contributed by atoms with E-state index in [0.29, 0.717) is 6.04 Å². The third-order valence-electron chi connectivity index (χ3n) is 2.19. The Hall–Kier alpha value is -0.120.